The molecule has 2 aromatic carbocycles. The minimum atomic E-state index is 0.502. The second-order valence-electron chi connectivity index (χ2n) is 4.60. The lowest BCUT2D eigenvalue weighted by Crippen LogP contribution is -2.02. The van der Waals surface area contributed by atoms with Gasteiger partial charge in [-0.05, 0) is 53.2 Å². The van der Waals surface area contributed by atoms with Crippen LogP contribution >= 0.6 is 23.2 Å². The molecule has 0 bridgehead atoms. The van der Waals surface area contributed by atoms with E-state index in [-0.39, 0.29) is 0 Å². The van der Waals surface area contributed by atoms with E-state index in [2.05, 4.69) is 15.5 Å². The lowest BCUT2D eigenvalue weighted by atomic mass is 10.1. The van der Waals surface area contributed by atoms with Crippen molar-refractivity contribution in [3.8, 4) is 17.1 Å². The molecule has 21 heavy (non-hydrogen) atoms. The Hall–Kier alpha value is -2.11. The van der Waals surface area contributed by atoms with Gasteiger partial charge in [0, 0.05) is 16.3 Å². The number of hydrogen-bond acceptors (Lipinski definition) is 4. The van der Waals surface area contributed by atoms with E-state index in [0.29, 0.717) is 32.8 Å². The van der Waals surface area contributed by atoms with Crippen LogP contribution in [0.25, 0.3) is 17.1 Å². The fourth-order valence-electron chi connectivity index (χ4n) is 2.04. The topological polar surface area (TPSA) is 69.6 Å². The molecule has 2 N–H and O–H groups in total. The SMILES string of the molecule is Cc1ccc(-n2nnnc2-c2ccc(Cl)cc2N)c(Cl)c1. The summed E-state index contributed by atoms with van der Waals surface area (Å²) < 4.78 is 1.56. The Labute approximate surface area is 131 Å². The molecule has 0 saturated carbocycles. The number of tetrazole rings is 1. The van der Waals surface area contributed by atoms with E-state index in [1.807, 2.05) is 25.1 Å². The summed E-state index contributed by atoms with van der Waals surface area (Å²) in [7, 11) is 0. The van der Waals surface area contributed by atoms with Crippen molar-refractivity contribution in [3.05, 3.63) is 52.0 Å². The van der Waals surface area contributed by atoms with Gasteiger partial charge >= 0.3 is 0 Å². The fourth-order valence-corrected chi connectivity index (χ4v) is 2.53. The zero-order chi connectivity index (χ0) is 15.0. The highest BCUT2D eigenvalue weighted by Gasteiger charge is 2.15. The third kappa shape index (κ3) is 2.57. The van der Waals surface area contributed by atoms with E-state index in [1.54, 1.807) is 22.9 Å². The zero-order valence-corrected chi connectivity index (χ0v) is 12.6. The average Bonchev–Trinajstić information content (AvgIpc) is 2.87. The van der Waals surface area contributed by atoms with Crippen LogP contribution in [0, 0.1) is 6.92 Å². The Morgan fingerprint density at radius 1 is 1.10 bits per heavy atom. The molecule has 1 aromatic heterocycles. The van der Waals surface area contributed by atoms with Crippen molar-refractivity contribution in [1.82, 2.24) is 20.2 Å². The predicted octanol–water partition coefficient (Wildman–Crippen LogP) is 3.53. The van der Waals surface area contributed by atoms with E-state index in [1.165, 1.54) is 0 Å². The number of rotatable bonds is 2. The number of hydrogen-bond donors (Lipinski definition) is 1. The van der Waals surface area contributed by atoms with E-state index >= 15 is 0 Å². The molecule has 0 radical (unpaired) electrons. The Morgan fingerprint density at radius 2 is 1.90 bits per heavy atom. The number of nitrogen functional groups attached to an aromatic ring is 1. The van der Waals surface area contributed by atoms with Gasteiger partial charge < -0.3 is 5.73 Å². The lowest BCUT2D eigenvalue weighted by Gasteiger charge is -2.09. The normalized spacial score (nSPS) is 10.8. The second kappa shape index (κ2) is 5.35. The second-order valence-corrected chi connectivity index (χ2v) is 5.44. The smallest absolute Gasteiger partial charge is 0.189 e. The molecule has 0 spiro atoms. The lowest BCUT2D eigenvalue weighted by molar-refractivity contribution is 0.791. The van der Waals surface area contributed by atoms with Gasteiger partial charge in [-0.2, -0.15) is 4.68 Å². The molecular formula is C14H11Cl2N5. The Balaban J connectivity index is 2.17. The minimum Gasteiger partial charge on any atom is -0.398 e. The van der Waals surface area contributed by atoms with Crippen LogP contribution in [0.1, 0.15) is 5.56 Å². The number of aromatic nitrogens is 4. The molecule has 106 valence electrons. The highest BCUT2D eigenvalue weighted by Crippen LogP contribution is 2.30. The van der Waals surface area contributed by atoms with Gasteiger partial charge in [0.1, 0.15) is 0 Å². The minimum absolute atomic E-state index is 0.502. The van der Waals surface area contributed by atoms with Crippen molar-refractivity contribution in [1.29, 1.82) is 0 Å². The number of nitrogens with two attached hydrogens (primary N) is 1. The number of aryl methyl sites for hydroxylation is 1. The standard InChI is InChI=1S/C14H11Cl2N5/c1-8-2-5-13(11(16)6-8)21-14(18-19-20-21)10-4-3-9(15)7-12(10)17/h2-7H,17H2,1H3. The highest BCUT2D eigenvalue weighted by atomic mass is 35.5. The first kappa shape index (κ1) is 13.9. The molecule has 0 aliphatic carbocycles. The van der Waals surface area contributed by atoms with Gasteiger partial charge in [-0.15, -0.1) is 5.10 Å². The fraction of sp³-hybridized carbons (Fsp3) is 0.0714. The summed E-state index contributed by atoms with van der Waals surface area (Å²) in [6, 6.07) is 10.8. The van der Waals surface area contributed by atoms with Crippen LogP contribution < -0.4 is 5.73 Å². The van der Waals surface area contributed by atoms with Crippen LogP contribution in [-0.2, 0) is 0 Å². The number of benzene rings is 2. The van der Waals surface area contributed by atoms with Crippen molar-refractivity contribution >= 4 is 28.9 Å². The largest absolute Gasteiger partial charge is 0.398 e. The summed E-state index contributed by atoms with van der Waals surface area (Å²) in [5, 5.41) is 12.9. The number of halogens is 2. The molecule has 7 heteroatoms. The average molecular weight is 320 g/mol. The highest BCUT2D eigenvalue weighted by molar-refractivity contribution is 6.32. The molecule has 0 amide bonds. The molecule has 3 aromatic rings. The van der Waals surface area contributed by atoms with Gasteiger partial charge in [0.2, 0.25) is 0 Å². The Bertz CT molecular complexity index is 747. The molecule has 3 rings (SSSR count). The maximum absolute atomic E-state index is 6.28. The summed E-state index contributed by atoms with van der Waals surface area (Å²) in [6.07, 6.45) is 0. The van der Waals surface area contributed by atoms with Gasteiger partial charge in [-0.1, -0.05) is 29.3 Å². The Morgan fingerprint density at radius 3 is 2.62 bits per heavy atom. The van der Waals surface area contributed by atoms with Gasteiger partial charge in [0.25, 0.3) is 0 Å². The molecule has 0 aliphatic heterocycles. The van der Waals surface area contributed by atoms with E-state index in [4.69, 9.17) is 28.9 Å². The first-order valence-electron chi connectivity index (χ1n) is 6.16. The van der Waals surface area contributed by atoms with Gasteiger partial charge in [0.05, 0.1) is 10.7 Å². The third-order valence-electron chi connectivity index (χ3n) is 3.06. The monoisotopic (exact) mass is 319 g/mol. The molecule has 5 nitrogen and oxygen atoms in total. The van der Waals surface area contributed by atoms with Gasteiger partial charge in [-0.3, -0.25) is 0 Å². The van der Waals surface area contributed by atoms with Gasteiger partial charge in [0.15, 0.2) is 5.82 Å². The summed E-state index contributed by atoms with van der Waals surface area (Å²) >= 11 is 12.2. The molecule has 0 unspecified atom stereocenters. The van der Waals surface area contributed by atoms with Crippen LogP contribution in [0.4, 0.5) is 5.69 Å². The quantitative estimate of drug-likeness (QED) is 0.733. The first-order chi connectivity index (χ1) is 10.1. The van der Waals surface area contributed by atoms with Crippen LogP contribution in [0.2, 0.25) is 10.0 Å². The van der Waals surface area contributed by atoms with Crippen molar-refractivity contribution in [3.63, 3.8) is 0 Å². The summed E-state index contributed by atoms with van der Waals surface area (Å²) in [5.74, 6) is 0.509. The van der Waals surface area contributed by atoms with Crippen molar-refractivity contribution in [2.24, 2.45) is 0 Å². The predicted molar refractivity (Wildman–Crippen MR) is 83.8 cm³/mol. The number of nitrogens with zero attached hydrogens (tertiary/aromatic N) is 4. The molecule has 0 atom stereocenters. The number of anilines is 1. The zero-order valence-electron chi connectivity index (χ0n) is 11.1. The first-order valence-corrected chi connectivity index (χ1v) is 6.92. The van der Waals surface area contributed by atoms with E-state index < -0.39 is 0 Å². The maximum atomic E-state index is 6.28. The molecule has 0 aliphatic rings. The van der Waals surface area contributed by atoms with Crippen LogP contribution in [-0.4, -0.2) is 20.2 Å². The third-order valence-corrected chi connectivity index (χ3v) is 3.59. The Kier molecular flexibility index (Phi) is 3.53. The molecule has 1 heterocycles. The molecule has 0 saturated heterocycles. The van der Waals surface area contributed by atoms with Crippen molar-refractivity contribution in [2.45, 2.75) is 6.92 Å². The van der Waals surface area contributed by atoms with E-state index in [0.717, 1.165) is 5.56 Å². The summed E-state index contributed by atoms with van der Waals surface area (Å²) in [5.41, 5.74) is 8.94. The van der Waals surface area contributed by atoms with E-state index in [9.17, 15) is 0 Å². The van der Waals surface area contributed by atoms with Crippen LogP contribution in [0.15, 0.2) is 36.4 Å². The summed E-state index contributed by atoms with van der Waals surface area (Å²) in [6.45, 7) is 1.97. The summed E-state index contributed by atoms with van der Waals surface area (Å²) in [4.78, 5) is 0. The van der Waals surface area contributed by atoms with Crippen LogP contribution in [0.5, 0.6) is 0 Å². The molecular weight excluding hydrogens is 309 g/mol. The van der Waals surface area contributed by atoms with Crippen LogP contribution in [0.3, 0.4) is 0 Å². The maximum Gasteiger partial charge on any atom is 0.189 e. The van der Waals surface area contributed by atoms with Crippen molar-refractivity contribution in [2.75, 3.05) is 5.73 Å². The van der Waals surface area contributed by atoms with Gasteiger partial charge in [-0.25, -0.2) is 0 Å². The van der Waals surface area contributed by atoms with Crippen molar-refractivity contribution < 1.29 is 0 Å². The molecule has 0 fully saturated rings.